The fourth-order valence-electron chi connectivity index (χ4n) is 3.22. The Labute approximate surface area is 201 Å². The van der Waals surface area contributed by atoms with Crippen LogP contribution in [0.3, 0.4) is 0 Å². The van der Waals surface area contributed by atoms with Gasteiger partial charge in [-0.25, -0.2) is 9.78 Å². The number of aromatic nitrogens is 1. The van der Waals surface area contributed by atoms with Gasteiger partial charge in [-0.05, 0) is 42.0 Å². The molecule has 0 saturated heterocycles. The molecule has 172 valence electrons. The van der Waals surface area contributed by atoms with Crippen LogP contribution in [0.1, 0.15) is 26.3 Å². The molecule has 0 aliphatic rings. The zero-order valence-corrected chi connectivity index (χ0v) is 19.3. The summed E-state index contributed by atoms with van der Waals surface area (Å²) in [6, 6.07) is 16.1. The summed E-state index contributed by atoms with van der Waals surface area (Å²) in [5, 5.41) is 23.3. The molecule has 0 spiro atoms. The summed E-state index contributed by atoms with van der Waals surface area (Å²) in [4.78, 5) is 39.3. The normalized spacial score (nSPS) is 10.7. The lowest BCUT2D eigenvalue weighted by Crippen LogP contribution is -2.16. The Kier molecular flexibility index (Phi) is 6.75. The maximum absolute atomic E-state index is 12.6. The minimum absolute atomic E-state index is 0.0728. The van der Waals surface area contributed by atoms with Crippen molar-refractivity contribution in [1.29, 1.82) is 0 Å². The first kappa shape index (κ1) is 23.2. The van der Waals surface area contributed by atoms with Crippen LogP contribution in [0.5, 0.6) is 5.75 Å². The molecule has 1 aromatic heterocycles. The van der Waals surface area contributed by atoms with Crippen LogP contribution in [0.15, 0.2) is 65.0 Å². The predicted molar refractivity (Wildman–Crippen MR) is 130 cm³/mol. The molecule has 11 heteroatoms. The first-order chi connectivity index (χ1) is 16.4. The van der Waals surface area contributed by atoms with Crippen LogP contribution >= 0.6 is 23.1 Å². The van der Waals surface area contributed by atoms with E-state index in [1.165, 1.54) is 48.4 Å². The van der Waals surface area contributed by atoms with E-state index in [9.17, 15) is 24.8 Å². The highest BCUT2D eigenvalue weighted by molar-refractivity contribution is 8.00. The lowest BCUT2D eigenvalue weighted by Gasteiger charge is -2.07. The van der Waals surface area contributed by atoms with Crippen molar-refractivity contribution in [3.63, 3.8) is 0 Å². The number of nitro benzene ring substituents is 1. The average molecular weight is 496 g/mol. The van der Waals surface area contributed by atoms with Gasteiger partial charge in [0.05, 0.1) is 33.4 Å². The van der Waals surface area contributed by atoms with Gasteiger partial charge in [-0.2, -0.15) is 0 Å². The number of carboxylic acid groups (broad SMARTS) is 1. The van der Waals surface area contributed by atoms with Crippen molar-refractivity contribution in [2.24, 2.45) is 0 Å². The van der Waals surface area contributed by atoms with Crippen molar-refractivity contribution in [2.45, 2.75) is 10.1 Å². The number of nitro groups is 1. The predicted octanol–water partition coefficient (Wildman–Crippen LogP) is 5.46. The van der Waals surface area contributed by atoms with Crippen LogP contribution in [-0.4, -0.2) is 34.0 Å². The lowest BCUT2D eigenvalue weighted by molar-refractivity contribution is -0.385. The highest BCUT2D eigenvalue weighted by Crippen LogP contribution is 2.35. The van der Waals surface area contributed by atoms with Gasteiger partial charge in [-0.15, -0.1) is 11.3 Å². The van der Waals surface area contributed by atoms with E-state index in [1.807, 2.05) is 0 Å². The molecule has 0 radical (unpaired) electrons. The summed E-state index contributed by atoms with van der Waals surface area (Å²) in [7, 11) is 1.39. The zero-order chi connectivity index (χ0) is 24.2. The van der Waals surface area contributed by atoms with Gasteiger partial charge < -0.3 is 15.2 Å². The Balaban J connectivity index is 1.49. The molecule has 1 amide bonds. The van der Waals surface area contributed by atoms with Gasteiger partial charge in [0.1, 0.15) is 0 Å². The van der Waals surface area contributed by atoms with Crippen molar-refractivity contribution < 1.29 is 24.4 Å². The second kappa shape index (κ2) is 9.89. The number of thioether (sulfide) groups is 1. The standard InChI is InChI=1S/C23H17N3O6S2/c1-32-19-9-6-13(10-18(19)26(30)31)12-33-23-25-17-8-7-14(11-20(17)34-23)24-21(27)15-4-2-3-5-16(15)22(28)29/h2-11H,12H2,1H3,(H,24,27)(H,28,29). The summed E-state index contributed by atoms with van der Waals surface area (Å²) in [6.45, 7) is 0. The van der Waals surface area contributed by atoms with Crippen molar-refractivity contribution in [3.05, 3.63) is 87.5 Å². The number of carbonyl (C=O) groups is 2. The Bertz CT molecular complexity index is 1420. The zero-order valence-electron chi connectivity index (χ0n) is 17.7. The number of hydrogen-bond donors (Lipinski definition) is 2. The maximum atomic E-state index is 12.6. The summed E-state index contributed by atoms with van der Waals surface area (Å²) in [5.74, 6) is -0.996. The number of anilines is 1. The largest absolute Gasteiger partial charge is 0.490 e. The van der Waals surface area contributed by atoms with Crippen molar-refractivity contribution >= 4 is 56.6 Å². The van der Waals surface area contributed by atoms with Gasteiger partial charge in [-0.1, -0.05) is 30.0 Å². The van der Waals surface area contributed by atoms with Crippen LogP contribution < -0.4 is 10.1 Å². The van der Waals surface area contributed by atoms with Crippen LogP contribution in [0.4, 0.5) is 11.4 Å². The molecule has 0 unspecified atom stereocenters. The van der Waals surface area contributed by atoms with Gasteiger partial charge in [0.25, 0.3) is 5.91 Å². The van der Waals surface area contributed by atoms with E-state index in [0.717, 1.165) is 20.1 Å². The number of rotatable bonds is 8. The first-order valence-electron chi connectivity index (χ1n) is 9.84. The molecule has 0 aliphatic carbocycles. The summed E-state index contributed by atoms with van der Waals surface area (Å²) < 4.78 is 6.64. The molecule has 0 bridgehead atoms. The van der Waals surface area contributed by atoms with Gasteiger partial charge in [0.2, 0.25) is 0 Å². The Morgan fingerprint density at radius 2 is 1.91 bits per heavy atom. The van der Waals surface area contributed by atoms with Crippen molar-refractivity contribution in [2.75, 3.05) is 12.4 Å². The molecular formula is C23H17N3O6S2. The first-order valence-corrected chi connectivity index (χ1v) is 11.6. The highest BCUT2D eigenvalue weighted by atomic mass is 32.2. The molecule has 4 rings (SSSR count). The van der Waals surface area contributed by atoms with E-state index in [1.54, 1.807) is 42.5 Å². The van der Waals surface area contributed by atoms with Crippen LogP contribution in [0, 0.1) is 10.1 Å². The lowest BCUT2D eigenvalue weighted by atomic mass is 10.1. The Hall–Kier alpha value is -3.96. The molecule has 4 aromatic rings. The van der Waals surface area contributed by atoms with Crippen LogP contribution in [-0.2, 0) is 5.75 Å². The van der Waals surface area contributed by atoms with Gasteiger partial charge in [0, 0.05) is 17.5 Å². The molecule has 34 heavy (non-hydrogen) atoms. The number of fused-ring (bicyclic) bond motifs is 1. The van der Waals surface area contributed by atoms with E-state index in [0.29, 0.717) is 11.4 Å². The Morgan fingerprint density at radius 3 is 2.62 bits per heavy atom. The molecule has 0 fully saturated rings. The number of benzene rings is 3. The number of carbonyl (C=O) groups excluding carboxylic acids is 1. The van der Waals surface area contributed by atoms with Gasteiger partial charge in [-0.3, -0.25) is 14.9 Å². The maximum Gasteiger partial charge on any atom is 0.336 e. The number of carboxylic acids is 1. The van der Waals surface area contributed by atoms with Crippen LogP contribution in [0.25, 0.3) is 10.2 Å². The fourth-order valence-corrected chi connectivity index (χ4v) is 5.27. The SMILES string of the molecule is COc1ccc(CSc2nc3ccc(NC(=O)c4ccccc4C(=O)O)cc3s2)cc1[N+](=O)[O-]. The minimum Gasteiger partial charge on any atom is -0.490 e. The number of ether oxygens (including phenoxy) is 1. The van der Waals surface area contributed by atoms with Crippen molar-refractivity contribution in [3.8, 4) is 5.75 Å². The quantitative estimate of drug-likeness (QED) is 0.187. The number of amides is 1. The number of nitrogens with zero attached hydrogens (tertiary/aromatic N) is 2. The van der Waals surface area contributed by atoms with Gasteiger partial charge in [0.15, 0.2) is 10.1 Å². The molecular weight excluding hydrogens is 478 g/mol. The highest BCUT2D eigenvalue weighted by Gasteiger charge is 2.17. The number of nitrogens with one attached hydrogen (secondary N) is 1. The van der Waals surface area contributed by atoms with Crippen LogP contribution in [0.2, 0.25) is 0 Å². The van der Waals surface area contributed by atoms with E-state index < -0.39 is 16.8 Å². The molecule has 9 nitrogen and oxygen atoms in total. The topological polar surface area (TPSA) is 132 Å². The summed E-state index contributed by atoms with van der Waals surface area (Å²) in [6.07, 6.45) is 0. The average Bonchev–Trinajstić information content (AvgIpc) is 3.24. The van der Waals surface area contributed by atoms with E-state index in [4.69, 9.17) is 4.74 Å². The number of methoxy groups -OCH3 is 1. The number of aromatic carboxylic acids is 1. The van der Waals surface area contributed by atoms with E-state index in [-0.39, 0.29) is 22.6 Å². The third kappa shape index (κ3) is 5.00. The molecule has 0 saturated carbocycles. The van der Waals surface area contributed by atoms with Crippen molar-refractivity contribution in [1.82, 2.24) is 4.98 Å². The third-order valence-electron chi connectivity index (χ3n) is 4.83. The van der Waals surface area contributed by atoms with Gasteiger partial charge >= 0.3 is 11.7 Å². The smallest absolute Gasteiger partial charge is 0.336 e. The molecule has 3 aromatic carbocycles. The third-order valence-corrected chi connectivity index (χ3v) is 7.06. The molecule has 1 heterocycles. The van der Waals surface area contributed by atoms with E-state index in [2.05, 4.69) is 10.3 Å². The summed E-state index contributed by atoms with van der Waals surface area (Å²) >= 11 is 2.87. The fraction of sp³-hybridized carbons (Fsp3) is 0.0870. The molecule has 0 aliphatic heterocycles. The summed E-state index contributed by atoms with van der Waals surface area (Å²) in [5.41, 5.74) is 1.94. The second-order valence-corrected chi connectivity index (χ2v) is 9.27. The van der Waals surface area contributed by atoms with E-state index >= 15 is 0 Å². The second-order valence-electron chi connectivity index (χ2n) is 7.02. The number of thiazole rings is 1. The minimum atomic E-state index is -1.17. The number of hydrogen-bond acceptors (Lipinski definition) is 8. The Morgan fingerprint density at radius 1 is 1.15 bits per heavy atom. The molecule has 2 N–H and O–H groups in total. The monoisotopic (exact) mass is 495 g/mol. The molecule has 0 atom stereocenters.